The highest BCUT2D eigenvalue weighted by molar-refractivity contribution is 6.16. The molecule has 0 aliphatic carbocycles. The minimum Gasteiger partial charge on any atom is -0.456 e. The molecule has 0 unspecified atom stereocenters. The van der Waals surface area contributed by atoms with Gasteiger partial charge in [0.05, 0.1) is 0 Å². The number of hydrogen-bond acceptors (Lipinski definition) is 1. The number of fused-ring (bicyclic) bond motifs is 11. The Morgan fingerprint density at radius 1 is 0.245 bits per heavy atom. The second-order valence-corrected chi connectivity index (χ2v) is 13.3. The van der Waals surface area contributed by atoms with Crippen LogP contribution in [0.15, 0.2) is 174 Å². The van der Waals surface area contributed by atoms with E-state index in [2.05, 4.69) is 170 Å². The lowest BCUT2D eigenvalue weighted by molar-refractivity contribution is 0.669. The zero-order valence-electron chi connectivity index (χ0n) is 26.6. The highest BCUT2D eigenvalue weighted by atomic mass is 16.3. The Hall–Kier alpha value is -6.44. The summed E-state index contributed by atoms with van der Waals surface area (Å²) in [6.45, 7) is 0. The third-order valence-corrected chi connectivity index (χ3v) is 10.6. The van der Waals surface area contributed by atoms with Crippen LogP contribution in [0.5, 0.6) is 0 Å². The summed E-state index contributed by atoms with van der Waals surface area (Å²) in [5.74, 6) is 0. The highest BCUT2D eigenvalue weighted by Crippen LogP contribution is 2.40. The van der Waals surface area contributed by atoms with E-state index in [4.69, 9.17) is 4.42 Å². The van der Waals surface area contributed by atoms with Crippen LogP contribution in [-0.4, -0.2) is 0 Å². The van der Waals surface area contributed by atoms with Crippen molar-refractivity contribution in [3.63, 3.8) is 0 Å². The summed E-state index contributed by atoms with van der Waals surface area (Å²) >= 11 is 0. The molecule has 0 atom stereocenters. The molecular weight excluding hydrogens is 593 g/mol. The van der Waals surface area contributed by atoms with Crippen LogP contribution in [0.1, 0.15) is 0 Å². The van der Waals surface area contributed by atoms with Gasteiger partial charge in [-0.2, -0.15) is 0 Å². The van der Waals surface area contributed by atoms with Crippen molar-refractivity contribution in [1.29, 1.82) is 0 Å². The number of hydrogen-bond donors (Lipinski definition) is 0. The first kappa shape index (κ1) is 26.6. The van der Waals surface area contributed by atoms with Crippen molar-refractivity contribution in [2.45, 2.75) is 0 Å². The Bertz CT molecular complexity index is 2950. The fourth-order valence-corrected chi connectivity index (χ4v) is 8.18. The van der Waals surface area contributed by atoms with E-state index < -0.39 is 0 Å². The van der Waals surface area contributed by atoms with Crippen LogP contribution in [-0.2, 0) is 0 Å². The Balaban J connectivity index is 1.04. The maximum atomic E-state index is 6.64. The molecule has 0 saturated carbocycles. The molecule has 226 valence electrons. The Labute approximate surface area is 282 Å². The van der Waals surface area contributed by atoms with Gasteiger partial charge in [0.2, 0.25) is 0 Å². The SMILES string of the molecule is c1cc(-c2ccc3c(c2)oc2cc(-c4cccc5cc6c(ccc7ccccc76)cc45)ccc23)c2cc3ccc4ccccc4c3cc2c1. The largest absolute Gasteiger partial charge is 0.456 e. The van der Waals surface area contributed by atoms with Crippen LogP contribution in [0.25, 0.3) is 109 Å². The molecule has 11 rings (SSSR count). The van der Waals surface area contributed by atoms with E-state index in [1.165, 1.54) is 75.8 Å². The summed E-state index contributed by atoms with van der Waals surface area (Å²) in [4.78, 5) is 0. The molecule has 0 aliphatic rings. The van der Waals surface area contributed by atoms with Crippen LogP contribution < -0.4 is 0 Å². The van der Waals surface area contributed by atoms with Gasteiger partial charge >= 0.3 is 0 Å². The van der Waals surface area contributed by atoms with E-state index >= 15 is 0 Å². The molecule has 0 bridgehead atoms. The smallest absolute Gasteiger partial charge is 0.136 e. The summed E-state index contributed by atoms with van der Waals surface area (Å²) in [5, 5.41) is 17.5. The summed E-state index contributed by atoms with van der Waals surface area (Å²) in [6.07, 6.45) is 0. The van der Waals surface area contributed by atoms with Crippen molar-refractivity contribution in [3.05, 3.63) is 170 Å². The molecule has 11 aromatic rings. The molecule has 0 fully saturated rings. The molecular formula is C48H28O. The van der Waals surface area contributed by atoms with E-state index in [0.29, 0.717) is 0 Å². The van der Waals surface area contributed by atoms with Crippen LogP contribution >= 0.6 is 0 Å². The minimum atomic E-state index is 0.907. The monoisotopic (exact) mass is 620 g/mol. The molecule has 10 aromatic carbocycles. The van der Waals surface area contributed by atoms with E-state index in [9.17, 15) is 0 Å². The van der Waals surface area contributed by atoms with Crippen molar-refractivity contribution >= 4 is 86.6 Å². The van der Waals surface area contributed by atoms with Crippen molar-refractivity contribution < 1.29 is 4.42 Å². The van der Waals surface area contributed by atoms with E-state index in [1.54, 1.807) is 0 Å². The average molecular weight is 621 g/mol. The van der Waals surface area contributed by atoms with Crippen LogP contribution in [0.2, 0.25) is 0 Å². The zero-order chi connectivity index (χ0) is 32.1. The summed E-state index contributed by atoms with van der Waals surface area (Å²) < 4.78 is 6.64. The Kier molecular flexibility index (Phi) is 5.45. The topological polar surface area (TPSA) is 13.1 Å². The zero-order valence-corrected chi connectivity index (χ0v) is 26.6. The molecule has 0 saturated heterocycles. The molecule has 0 aliphatic heterocycles. The number of rotatable bonds is 2. The molecule has 1 heteroatoms. The fourth-order valence-electron chi connectivity index (χ4n) is 8.18. The van der Waals surface area contributed by atoms with Gasteiger partial charge in [-0.15, -0.1) is 0 Å². The van der Waals surface area contributed by atoms with Gasteiger partial charge in [0.25, 0.3) is 0 Å². The first-order valence-corrected chi connectivity index (χ1v) is 16.9. The number of benzene rings is 10. The van der Waals surface area contributed by atoms with Gasteiger partial charge < -0.3 is 4.42 Å². The van der Waals surface area contributed by atoms with Crippen molar-refractivity contribution in [3.8, 4) is 22.3 Å². The summed E-state index contributed by atoms with van der Waals surface area (Å²) in [6, 6.07) is 62.2. The molecule has 0 spiro atoms. The normalized spacial score (nSPS) is 12.1. The molecule has 1 nitrogen and oxygen atoms in total. The van der Waals surface area contributed by atoms with Crippen LogP contribution in [0, 0.1) is 0 Å². The van der Waals surface area contributed by atoms with Gasteiger partial charge in [-0.25, -0.2) is 0 Å². The maximum absolute atomic E-state index is 6.64. The molecule has 1 aromatic heterocycles. The molecule has 0 radical (unpaired) electrons. The van der Waals surface area contributed by atoms with Gasteiger partial charge in [-0.05, 0) is 135 Å². The van der Waals surface area contributed by atoms with Gasteiger partial charge in [-0.3, -0.25) is 0 Å². The first-order chi connectivity index (χ1) is 24.2. The molecule has 1 heterocycles. The van der Waals surface area contributed by atoms with Crippen molar-refractivity contribution in [2.75, 3.05) is 0 Å². The molecule has 49 heavy (non-hydrogen) atoms. The van der Waals surface area contributed by atoms with Gasteiger partial charge in [-0.1, -0.05) is 121 Å². The lowest BCUT2D eigenvalue weighted by Gasteiger charge is -2.11. The van der Waals surface area contributed by atoms with Crippen LogP contribution in [0.4, 0.5) is 0 Å². The predicted octanol–water partition coefficient (Wildman–Crippen LogP) is 13.8. The quantitative estimate of drug-likeness (QED) is 0.138. The standard InChI is InChI=1S/C48H28O/c1-3-11-37-29(7-1)15-17-33-25-43-31(23-45(33)37)9-5-13-39(43)35-19-21-41-42-22-20-36(28-48(42)49-47(41)27-35)40-14-6-10-32-24-46-34(26-44(32)40)18-16-30-8-2-4-12-38(30)46/h1-28H. The third kappa shape index (κ3) is 4.00. The Morgan fingerprint density at radius 2 is 0.653 bits per heavy atom. The van der Waals surface area contributed by atoms with Crippen molar-refractivity contribution in [2.24, 2.45) is 0 Å². The highest BCUT2D eigenvalue weighted by Gasteiger charge is 2.14. The first-order valence-electron chi connectivity index (χ1n) is 16.9. The van der Waals surface area contributed by atoms with Crippen molar-refractivity contribution in [1.82, 2.24) is 0 Å². The number of furan rings is 1. The van der Waals surface area contributed by atoms with E-state index in [0.717, 1.165) is 33.1 Å². The maximum Gasteiger partial charge on any atom is 0.136 e. The second kappa shape index (κ2) is 10.0. The lowest BCUT2D eigenvalue weighted by Crippen LogP contribution is -1.84. The lowest BCUT2D eigenvalue weighted by atomic mass is 9.93. The predicted molar refractivity (Wildman–Crippen MR) is 210 cm³/mol. The van der Waals surface area contributed by atoms with Gasteiger partial charge in [0, 0.05) is 10.8 Å². The minimum absolute atomic E-state index is 0.907. The summed E-state index contributed by atoms with van der Waals surface area (Å²) in [7, 11) is 0. The Morgan fingerprint density at radius 3 is 1.16 bits per heavy atom. The third-order valence-electron chi connectivity index (χ3n) is 10.6. The molecule has 0 N–H and O–H groups in total. The van der Waals surface area contributed by atoms with E-state index in [-0.39, 0.29) is 0 Å². The van der Waals surface area contributed by atoms with Gasteiger partial charge in [0.15, 0.2) is 0 Å². The van der Waals surface area contributed by atoms with Gasteiger partial charge in [0.1, 0.15) is 11.2 Å². The average Bonchev–Trinajstić information content (AvgIpc) is 3.53. The fraction of sp³-hybridized carbons (Fsp3) is 0. The summed E-state index contributed by atoms with van der Waals surface area (Å²) in [5.41, 5.74) is 6.56. The second-order valence-electron chi connectivity index (χ2n) is 13.3. The molecule has 0 amide bonds. The van der Waals surface area contributed by atoms with E-state index in [1.807, 2.05) is 0 Å². The van der Waals surface area contributed by atoms with Crippen LogP contribution in [0.3, 0.4) is 0 Å².